The highest BCUT2D eigenvalue weighted by atomic mass is 16.4. The molecular formula is C34H53N7O8. The normalized spacial score (nSPS) is 16.3. The van der Waals surface area contributed by atoms with Crippen molar-refractivity contribution in [2.45, 2.75) is 117 Å². The van der Waals surface area contributed by atoms with E-state index in [-0.39, 0.29) is 36.3 Å². The van der Waals surface area contributed by atoms with Gasteiger partial charge in [0.25, 0.3) is 11.8 Å². The van der Waals surface area contributed by atoms with Gasteiger partial charge in [-0.3, -0.25) is 38.5 Å². The first-order valence-electron chi connectivity index (χ1n) is 17.2. The number of carboxylic acids is 1. The summed E-state index contributed by atoms with van der Waals surface area (Å²) in [5.74, 6) is -5.93. The van der Waals surface area contributed by atoms with Crippen molar-refractivity contribution in [3.63, 3.8) is 0 Å². The Labute approximate surface area is 288 Å². The lowest BCUT2D eigenvalue weighted by Crippen LogP contribution is -2.60. The number of hydrogen-bond acceptors (Lipinski definition) is 9. The second kappa shape index (κ2) is 20.2. The van der Waals surface area contributed by atoms with Crippen LogP contribution < -0.4 is 21.3 Å². The molecule has 5 N–H and O–H groups in total. The van der Waals surface area contributed by atoms with Crippen LogP contribution in [0, 0.1) is 17.8 Å². The summed E-state index contributed by atoms with van der Waals surface area (Å²) >= 11 is 0. The van der Waals surface area contributed by atoms with Crippen molar-refractivity contribution in [1.82, 2.24) is 36.1 Å². The fourth-order valence-corrected chi connectivity index (χ4v) is 5.79. The number of amides is 5. The first-order chi connectivity index (χ1) is 23.2. The average molecular weight is 688 g/mol. The van der Waals surface area contributed by atoms with Gasteiger partial charge in [-0.25, -0.2) is 4.98 Å². The van der Waals surface area contributed by atoms with Gasteiger partial charge in [-0.05, 0) is 37.0 Å². The maximum Gasteiger partial charge on any atom is 0.323 e. The number of aromatic nitrogens is 2. The number of ketones is 1. The van der Waals surface area contributed by atoms with E-state index in [1.54, 1.807) is 13.8 Å². The molecule has 5 amide bonds. The van der Waals surface area contributed by atoms with Gasteiger partial charge in [-0.1, -0.05) is 73.1 Å². The number of aliphatic carboxylic acids is 1. The minimum Gasteiger partial charge on any atom is -0.480 e. The molecule has 0 bridgehead atoms. The Hall–Kier alpha value is -4.43. The fraction of sp³-hybridized carbons (Fsp3) is 0.676. The molecule has 272 valence electrons. The summed E-state index contributed by atoms with van der Waals surface area (Å²) in [5, 5.41) is 19.9. The Morgan fingerprint density at radius 2 is 1.47 bits per heavy atom. The predicted octanol–water partition coefficient (Wildman–Crippen LogP) is 1.61. The first-order valence-corrected chi connectivity index (χ1v) is 17.2. The molecule has 15 heteroatoms. The molecule has 2 rings (SSSR count). The molecular weight excluding hydrogens is 634 g/mol. The van der Waals surface area contributed by atoms with Crippen LogP contribution in [0.25, 0.3) is 0 Å². The van der Waals surface area contributed by atoms with Gasteiger partial charge in [-0.15, -0.1) is 0 Å². The van der Waals surface area contributed by atoms with Gasteiger partial charge in [0.05, 0.1) is 12.2 Å². The van der Waals surface area contributed by atoms with Crippen LogP contribution in [0.1, 0.15) is 103 Å². The van der Waals surface area contributed by atoms with E-state index in [9.17, 15) is 33.6 Å². The van der Waals surface area contributed by atoms with E-state index in [1.165, 1.54) is 25.6 Å². The molecule has 1 fully saturated rings. The second-order valence-electron chi connectivity index (χ2n) is 13.3. The number of Topliss-reactive ketones (excluding diaryl/α,β-unsaturated/α-hetero) is 1. The third kappa shape index (κ3) is 13.2. The smallest absolute Gasteiger partial charge is 0.323 e. The molecule has 1 heterocycles. The van der Waals surface area contributed by atoms with E-state index in [1.807, 2.05) is 20.8 Å². The highest BCUT2D eigenvalue weighted by Crippen LogP contribution is 2.27. The summed E-state index contributed by atoms with van der Waals surface area (Å²) in [6, 6.07) is -4.35. The molecule has 1 aromatic heterocycles. The van der Waals surface area contributed by atoms with Gasteiger partial charge >= 0.3 is 5.97 Å². The van der Waals surface area contributed by atoms with Crippen LogP contribution in [-0.4, -0.2) is 99.0 Å². The molecule has 0 aromatic carbocycles. The van der Waals surface area contributed by atoms with E-state index in [4.69, 9.17) is 5.11 Å². The molecule has 1 saturated carbocycles. The van der Waals surface area contributed by atoms with Crippen molar-refractivity contribution in [3.05, 3.63) is 24.3 Å². The number of carbonyl (C=O) groups is 7. The summed E-state index contributed by atoms with van der Waals surface area (Å²) in [6.45, 7) is 8.37. The van der Waals surface area contributed by atoms with Crippen molar-refractivity contribution < 1.29 is 38.7 Å². The quantitative estimate of drug-likeness (QED) is 0.132. The lowest BCUT2D eigenvalue weighted by Gasteiger charge is -2.31. The number of carbonyl (C=O) groups excluding carboxylic acids is 6. The van der Waals surface area contributed by atoms with E-state index >= 15 is 0 Å². The molecule has 0 radical (unpaired) electrons. The molecule has 0 spiro atoms. The standard InChI is InChI=1S/C34H53N7O8/c1-7-21(5)28(40-31(46)24(16-20(3)4)38-32(47)26-18-35-14-15-36-26)33(48)39-25(17-22-12-10-9-11-13-22)30(45)37-23(8-2)29(44)34(49)41(6)19-27(42)43/h14-15,18,20-25,28H,7-13,16-17,19H2,1-6H3,(H,37,45)(H,38,47)(H,39,48)(H,40,46)(H,42,43)/t21?,23?,24-,25-,28-/m0/s1. The summed E-state index contributed by atoms with van der Waals surface area (Å²) in [7, 11) is 1.19. The van der Waals surface area contributed by atoms with Crippen LogP contribution in [0.5, 0.6) is 0 Å². The lowest BCUT2D eigenvalue weighted by molar-refractivity contribution is -0.149. The third-order valence-electron chi connectivity index (χ3n) is 8.82. The van der Waals surface area contributed by atoms with Crippen molar-refractivity contribution in [2.24, 2.45) is 17.8 Å². The third-order valence-corrected chi connectivity index (χ3v) is 8.82. The van der Waals surface area contributed by atoms with Crippen LogP contribution >= 0.6 is 0 Å². The maximum atomic E-state index is 13.9. The zero-order valence-corrected chi connectivity index (χ0v) is 29.5. The molecule has 5 atom stereocenters. The number of hydrogen-bond donors (Lipinski definition) is 5. The zero-order chi connectivity index (χ0) is 36.7. The van der Waals surface area contributed by atoms with Gasteiger partial charge in [0.1, 0.15) is 30.4 Å². The first kappa shape index (κ1) is 40.7. The Balaban J connectivity index is 2.29. The van der Waals surface area contributed by atoms with Crippen LogP contribution in [0.3, 0.4) is 0 Å². The van der Waals surface area contributed by atoms with Gasteiger partial charge in [0.15, 0.2) is 0 Å². The Morgan fingerprint density at radius 1 is 0.837 bits per heavy atom. The molecule has 1 aliphatic rings. The predicted molar refractivity (Wildman–Crippen MR) is 180 cm³/mol. The molecule has 2 unspecified atom stereocenters. The topological polar surface area (TPSA) is 217 Å². The molecule has 1 aliphatic carbocycles. The van der Waals surface area contributed by atoms with Crippen molar-refractivity contribution in [1.29, 1.82) is 0 Å². The SMILES string of the molecule is CCC(NC(=O)[C@H](CC1CCCCC1)NC(=O)[C@@H](NC(=O)[C@H](CC(C)C)NC(=O)c1cnccn1)C(C)CC)C(=O)C(=O)N(C)CC(=O)O. The molecule has 15 nitrogen and oxygen atoms in total. The van der Waals surface area contributed by atoms with Crippen LogP contribution in [0.15, 0.2) is 18.6 Å². The van der Waals surface area contributed by atoms with Crippen LogP contribution in [0.2, 0.25) is 0 Å². The lowest BCUT2D eigenvalue weighted by atomic mass is 9.84. The molecule has 0 aliphatic heterocycles. The number of likely N-dealkylation sites (N-methyl/N-ethyl adjacent to an activating group) is 1. The van der Waals surface area contributed by atoms with Crippen molar-refractivity contribution in [2.75, 3.05) is 13.6 Å². The average Bonchev–Trinajstić information content (AvgIpc) is 3.07. The summed E-state index contributed by atoms with van der Waals surface area (Å²) < 4.78 is 0. The maximum absolute atomic E-state index is 13.9. The highest BCUT2D eigenvalue weighted by molar-refractivity contribution is 6.38. The number of nitrogens with zero attached hydrogens (tertiary/aromatic N) is 3. The van der Waals surface area contributed by atoms with Gasteiger partial charge in [0, 0.05) is 19.4 Å². The van der Waals surface area contributed by atoms with Crippen LogP contribution in [-0.2, 0) is 28.8 Å². The fourth-order valence-electron chi connectivity index (χ4n) is 5.79. The minimum absolute atomic E-state index is 0.0161. The van der Waals surface area contributed by atoms with Gasteiger partial charge in [-0.2, -0.15) is 0 Å². The Bertz CT molecular complexity index is 1300. The van der Waals surface area contributed by atoms with Gasteiger partial charge in [0.2, 0.25) is 23.5 Å². The van der Waals surface area contributed by atoms with Crippen LogP contribution in [0.4, 0.5) is 0 Å². The van der Waals surface area contributed by atoms with Crippen molar-refractivity contribution in [3.8, 4) is 0 Å². The molecule has 49 heavy (non-hydrogen) atoms. The van der Waals surface area contributed by atoms with E-state index in [0.717, 1.165) is 37.0 Å². The van der Waals surface area contributed by atoms with Crippen molar-refractivity contribution >= 4 is 41.3 Å². The van der Waals surface area contributed by atoms with Gasteiger partial charge < -0.3 is 31.3 Å². The monoisotopic (exact) mass is 687 g/mol. The minimum atomic E-state index is -1.29. The highest BCUT2D eigenvalue weighted by Gasteiger charge is 2.36. The largest absolute Gasteiger partial charge is 0.480 e. The number of nitrogens with one attached hydrogen (secondary N) is 4. The molecule has 0 saturated heterocycles. The Morgan fingerprint density at radius 3 is 2.02 bits per heavy atom. The Kier molecular flexibility index (Phi) is 16.8. The zero-order valence-electron chi connectivity index (χ0n) is 29.5. The van der Waals surface area contributed by atoms with E-state index < -0.39 is 72.0 Å². The molecule has 1 aromatic rings. The van der Waals surface area contributed by atoms with E-state index in [2.05, 4.69) is 31.2 Å². The number of carboxylic acid groups (broad SMARTS) is 1. The summed E-state index contributed by atoms with van der Waals surface area (Å²) in [5.41, 5.74) is 0.0379. The second-order valence-corrected chi connectivity index (χ2v) is 13.3. The summed E-state index contributed by atoms with van der Waals surface area (Å²) in [4.78, 5) is 99.4. The summed E-state index contributed by atoms with van der Waals surface area (Å²) in [6.07, 6.45) is 9.99. The van der Waals surface area contributed by atoms with E-state index in [0.29, 0.717) is 12.8 Å². The number of rotatable bonds is 19.